The number of hydrogen-bond donors (Lipinski definition) is 1. The van der Waals surface area contributed by atoms with Crippen molar-refractivity contribution >= 4 is 5.91 Å². The van der Waals surface area contributed by atoms with Gasteiger partial charge >= 0.3 is 0 Å². The molecule has 128 valence electrons. The lowest BCUT2D eigenvalue weighted by Gasteiger charge is -2.31. The second-order valence-corrected chi connectivity index (χ2v) is 6.33. The molecule has 2 heterocycles. The minimum absolute atomic E-state index is 0.196. The number of aryl methyl sites for hydroxylation is 2. The Labute approximate surface area is 143 Å². The molecule has 0 bridgehead atoms. The molecule has 3 rings (SSSR count). The Morgan fingerprint density at radius 1 is 1.29 bits per heavy atom. The quantitative estimate of drug-likeness (QED) is 0.917. The van der Waals surface area contributed by atoms with Crippen LogP contribution in [0.4, 0.5) is 0 Å². The zero-order valence-electron chi connectivity index (χ0n) is 14.4. The Kier molecular flexibility index (Phi) is 5.30. The van der Waals surface area contributed by atoms with Crippen molar-refractivity contribution in [3.05, 3.63) is 41.9 Å². The zero-order valence-corrected chi connectivity index (χ0v) is 14.4. The van der Waals surface area contributed by atoms with Gasteiger partial charge in [0.2, 0.25) is 5.91 Å². The van der Waals surface area contributed by atoms with E-state index in [4.69, 9.17) is 4.42 Å². The highest BCUT2D eigenvalue weighted by Gasteiger charge is 2.22. The minimum Gasteiger partial charge on any atom is -0.440 e. The van der Waals surface area contributed by atoms with E-state index in [1.54, 1.807) is 0 Å². The third-order valence-corrected chi connectivity index (χ3v) is 4.69. The molecule has 5 nitrogen and oxygen atoms in total. The molecule has 0 aliphatic carbocycles. The normalized spacial score (nSPS) is 15.7. The maximum absolute atomic E-state index is 12.4. The van der Waals surface area contributed by atoms with E-state index in [-0.39, 0.29) is 5.91 Å². The molecule has 1 amide bonds. The maximum atomic E-state index is 12.4. The van der Waals surface area contributed by atoms with Crippen LogP contribution in [0, 0.1) is 6.92 Å². The van der Waals surface area contributed by atoms with E-state index in [0.717, 1.165) is 42.9 Å². The summed E-state index contributed by atoms with van der Waals surface area (Å²) in [6.45, 7) is 3.62. The van der Waals surface area contributed by atoms with Crippen LogP contribution >= 0.6 is 0 Å². The summed E-state index contributed by atoms with van der Waals surface area (Å²) in [6.07, 6.45) is 3.06. The van der Waals surface area contributed by atoms with Crippen molar-refractivity contribution in [2.75, 3.05) is 20.1 Å². The number of rotatable bonds is 5. The number of likely N-dealkylation sites (tertiary alicyclic amines) is 1. The Hall–Kier alpha value is -2.14. The van der Waals surface area contributed by atoms with Crippen LogP contribution < -0.4 is 5.32 Å². The van der Waals surface area contributed by atoms with Crippen molar-refractivity contribution in [3.63, 3.8) is 0 Å². The average molecular weight is 327 g/mol. The molecule has 0 unspecified atom stereocenters. The van der Waals surface area contributed by atoms with E-state index < -0.39 is 0 Å². The third kappa shape index (κ3) is 3.85. The molecular formula is C19H25N3O2. The Bertz CT molecular complexity index is 673. The number of nitrogens with zero attached hydrogens (tertiary/aromatic N) is 2. The van der Waals surface area contributed by atoms with Gasteiger partial charge in [0.15, 0.2) is 11.7 Å². The molecule has 0 spiro atoms. The van der Waals surface area contributed by atoms with Gasteiger partial charge in [0.05, 0.1) is 5.69 Å². The first-order valence-corrected chi connectivity index (χ1v) is 8.64. The highest BCUT2D eigenvalue weighted by atomic mass is 16.4. The van der Waals surface area contributed by atoms with Crippen molar-refractivity contribution in [2.24, 2.45) is 0 Å². The summed E-state index contributed by atoms with van der Waals surface area (Å²) >= 11 is 0. The molecule has 1 aromatic heterocycles. The lowest BCUT2D eigenvalue weighted by atomic mass is 10.0. The van der Waals surface area contributed by atoms with Gasteiger partial charge in [-0.25, -0.2) is 4.98 Å². The summed E-state index contributed by atoms with van der Waals surface area (Å²) in [5, 5.41) is 3.28. The van der Waals surface area contributed by atoms with Gasteiger partial charge in [0.1, 0.15) is 0 Å². The van der Waals surface area contributed by atoms with E-state index in [9.17, 15) is 4.79 Å². The van der Waals surface area contributed by atoms with E-state index in [1.165, 1.54) is 0 Å². The summed E-state index contributed by atoms with van der Waals surface area (Å²) in [5.74, 6) is 1.64. The number of carbonyl (C=O) groups is 1. The SMILES string of the molecule is CNC1CCN(C(=O)CCc2nc(C)c(-c3ccccc3)o2)CC1. The number of benzene rings is 1. The first-order valence-electron chi connectivity index (χ1n) is 8.64. The van der Waals surface area contributed by atoms with Crippen LogP contribution in [0.5, 0.6) is 0 Å². The van der Waals surface area contributed by atoms with E-state index >= 15 is 0 Å². The highest BCUT2D eigenvalue weighted by Crippen LogP contribution is 2.24. The maximum Gasteiger partial charge on any atom is 0.223 e. The van der Waals surface area contributed by atoms with Gasteiger partial charge in [0.25, 0.3) is 0 Å². The number of piperidine rings is 1. The topological polar surface area (TPSA) is 58.4 Å². The molecule has 2 aromatic rings. The summed E-state index contributed by atoms with van der Waals surface area (Å²) in [5.41, 5.74) is 1.90. The predicted molar refractivity (Wildman–Crippen MR) is 93.7 cm³/mol. The Morgan fingerprint density at radius 3 is 2.67 bits per heavy atom. The van der Waals surface area contributed by atoms with Crippen molar-refractivity contribution in [1.29, 1.82) is 0 Å². The zero-order chi connectivity index (χ0) is 16.9. The van der Waals surface area contributed by atoms with Crippen molar-refractivity contribution in [1.82, 2.24) is 15.2 Å². The molecule has 0 saturated carbocycles. The molecule has 0 atom stereocenters. The van der Waals surface area contributed by atoms with Gasteiger partial charge in [-0.05, 0) is 26.8 Å². The lowest BCUT2D eigenvalue weighted by Crippen LogP contribution is -2.44. The number of nitrogens with one attached hydrogen (secondary N) is 1. The number of amides is 1. The smallest absolute Gasteiger partial charge is 0.223 e. The summed E-state index contributed by atoms with van der Waals surface area (Å²) in [6, 6.07) is 10.5. The Balaban J connectivity index is 1.56. The highest BCUT2D eigenvalue weighted by molar-refractivity contribution is 5.76. The third-order valence-electron chi connectivity index (χ3n) is 4.69. The summed E-state index contributed by atoms with van der Waals surface area (Å²) in [4.78, 5) is 18.8. The fourth-order valence-corrected chi connectivity index (χ4v) is 3.21. The van der Waals surface area contributed by atoms with E-state index in [1.807, 2.05) is 49.2 Å². The van der Waals surface area contributed by atoms with Gasteiger partial charge in [-0.15, -0.1) is 0 Å². The number of carbonyl (C=O) groups excluding carboxylic acids is 1. The summed E-state index contributed by atoms with van der Waals surface area (Å²) in [7, 11) is 1.98. The molecule has 1 aromatic carbocycles. The first-order chi connectivity index (χ1) is 11.7. The van der Waals surface area contributed by atoms with Crippen molar-refractivity contribution < 1.29 is 9.21 Å². The van der Waals surface area contributed by atoms with Crippen LogP contribution in [0.25, 0.3) is 11.3 Å². The lowest BCUT2D eigenvalue weighted by molar-refractivity contribution is -0.132. The average Bonchev–Trinajstić information content (AvgIpc) is 3.01. The molecule has 1 fully saturated rings. The second-order valence-electron chi connectivity index (χ2n) is 6.33. The summed E-state index contributed by atoms with van der Waals surface area (Å²) < 4.78 is 5.88. The predicted octanol–water partition coefficient (Wildman–Crippen LogP) is 2.79. The van der Waals surface area contributed by atoms with Gasteiger partial charge in [-0.2, -0.15) is 0 Å². The first kappa shape index (κ1) is 16.7. The van der Waals surface area contributed by atoms with Crippen molar-refractivity contribution in [2.45, 2.75) is 38.6 Å². The Morgan fingerprint density at radius 2 is 2.00 bits per heavy atom. The van der Waals surface area contributed by atoms with Crippen LogP contribution in [-0.4, -0.2) is 42.0 Å². The van der Waals surface area contributed by atoms with Crippen molar-refractivity contribution in [3.8, 4) is 11.3 Å². The molecule has 1 saturated heterocycles. The second kappa shape index (κ2) is 7.62. The van der Waals surface area contributed by atoms with Crippen LogP contribution in [-0.2, 0) is 11.2 Å². The number of aromatic nitrogens is 1. The number of oxazole rings is 1. The fraction of sp³-hybridized carbons (Fsp3) is 0.474. The molecule has 1 aliphatic rings. The minimum atomic E-state index is 0.196. The number of hydrogen-bond acceptors (Lipinski definition) is 4. The molecule has 5 heteroatoms. The molecular weight excluding hydrogens is 302 g/mol. The van der Waals surface area contributed by atoms with Gasteiger partial charge in [0, 0.05) is 37.5 Å². The van der Waals surface area contributed by atoms with Gasteiger partial charge < -0.3 is 14.6 Å². The van der Waals surface area contributed by atoms with Crippen LogP contribution in [0.3, 0.4) is 0 Å². The van der Waals surface area contributed by atoms with E-state index in [0.29, 0.717) is 24.8 Å². The van der Waals surface area contributed by atoms with Crippen LogP contribution in [0.15, 0.2) is 34.7 Å². The molecule has 24 heavy (non-hydrogen) atoms. The van der Waals surface area contributed by atoms with Crippen LogP contribution in [0.1, 0.15) is 30.8 Å². The molecule has 1 N–H and O–H groups in total. The monoisotopic (exact) mass is 327 g/mol. The molecule has 1 aliphatic heterocycles. The molecule has 0 radical (unpaired) electrons. The van der Waals surface area contributed by atoms with Gasteiger partial charge in [-0.1, -0.05) is 30.3 Å². The van der Waals surface area contributed by atoms with Gasteiger partial charge in [-0.3, -0.25) is 4.79 Å². The standard InChI is InChI=1S/C19H25N3O2/c1-14-19(15-6-4-3-5-7-15)24-17(21-14)8-9-18(23)22-12-10-16(20-2)11-13-22/h3-7,16,20H,8-13H2,1-2H3. The van der Waals surface area contributed by atoms with E-state index in [2.05, 4.69) is 10.3 Å². The van der Waals surface area contributed by atoms with Crippen LogP contribution in [0.2, 0.25) is 0 Å². The fourth-order valence-electron chi connectivity index (χ4n) is 3.21. The largest absolute Gasteiger partial charge is 0.440 e.